The lowest BCUT2D eigenvalue weighted by atomic mass is 9.97. The van der Waals surface area contributed by atoms with Crippen LogP contribution in [-0.2, 0) is 23.7 Å². The Morgan fingerprint density at radius 3 is 1.69 bits per heavy atom. The molecular formula is C47H75NO13. The number of amides is 1. The van der Waals surface area contributed by atoms with Gasteiger partial charge < -0.3 is 65.1 Å². The Hall–Kier alpha value is -3.09. The van der Waals surface area contributed by atoms with Crippen molar-refractivity contribution in [2.75, 3.05) is 19.8 Å². The molecule has 14 heteroatoms. The number of aliphatic hydroxyl groups is 8. The predicted molar refractivity (Wildman–Crippen MR) is 235 cm³/mol. The summed E-state index contributed by atoms with van der Waals surface area (Å²) in [5.41, 5.74) is 0. The number of ether oxygens (including phenoxy) is 4. The molecule has 2 heterocycles. The molecule has 2 saturated heterocycles. The van der Waals surface area contributed by atoms with Crippen LogP contribution in [-0.4, -0.2) is 140 Å². The van der Waals surface area contributed by atoms with E-state index < -0.39 is 86.8 Å². The van der Waals surface area contributed by atoms with Crippen LogP contribution in [0.1, 0.15) is 97.3 Å². The van der Waals surface area contributed by atoms with Crippen LogP contribution in [0, 0.1) is 0 Å². The average molecular weight is 862 g/mol. The molecule has 9 N–H and O–H groups in total. The maximum absolute atomic E-state index is 13.0. The minimum Gasteiger partial charge on any atom is -0.394 e. The van der Waals surface area contributed by atoms with E-state index in [1.54, 1.807) is 6.08 Å². The number of carbonyl (C=O) groups is 1. The third kappa shape index (κ3) is 21.7. The fourth-order valence-corrected chi connectivity index (χ4v) is 6.37. The SMILES string of the molecule is CC/C=C\C/C=C\C/C=C\C/C=C\C/C=C\C/C=C\CCC(=O)NC(COC1OC(CO)C(OC2OC(CO)C(O)C(O)C2O)C(O)C1O)C(O)/C=C/CC/C=C/CCCC. The Balaban J connectivity index is 1.91. The van der Waals surface area contributed by atoms with E-state index in [1.165, 1.54) is 0 Å². The van der Waals surface area contributed by atoms with E-state index in [4.69, 9.17) is 18.9 Å². The van der Waals surface area contributed by atoms with Crippen LogP contribution in [0.15, 0.2) is 97.2 Å². The molecule has 346 valence electrons. The minimum absolute atomic E-state index is 0.141. The first-order chi connectivity index (χ1) is 29.6. The quantitative estimate of drug-likeness (QED) is 0.0368. The highest BCUT2D eigenvalue weighted by Gasteiger charge is 2.50. The number of nitrogens with one attached hydrogen (secondary N) is 1. The van der Waals surface area contributed by atoms with Gasteiger partial charge in [0.05, 0.1) is 32.0 Å². The van der Waals surface area contributed by atoms with Crippen molar-refractivity contribution >= 4 is 5.91 Å². The van der Waals surface area contributed by atoms with Gasteiger partial charge in [0, 0.05) is 6.42 Å². The molecule has 12 atom stereocenters. The number of unbranched alkanes of at least 4 members (excludes halogenated alkanes) is 3. The number of rotatable bonds is 30. The Bertz CT molecular complexity index is 1390. The van der Waals surface area contributed by atoms with Crippen molar-refractivity contribution in [3.8, 4) is 0 Å². The largest absolute Gasteiger partial charge is 0.394 e. The molecule has 0 saturated carbocycles. The van der Waals surface area contributed by atoms with E-state index in [0.29, 0.717) is 12.8 Å². The van der Waals surface area contributed by atoms with E-state index in [-0.39, 0.29) is 18.9 Å². The van der Waals surface area contributed by atoms with Gasteiger partial charge >= 0.3 is 0 Å². The van der Waals surface area contributed by atoms with Crippen LogP contribution < -0.4 is 5.32 Å². The standard InChI is InChI=1S/C47H75NO13/c1-3-5-7-9-11-13-14-15-16-17-18-19-20-21-22-23-25-27-29-31-39(52)48-35(36(51)30-28-26-24-12-10-8-6-4-2)34-58-46-44(57)42(55)45(38(33-50)60-46)61-47-43(56)41(54)40(53)37(32-49)59-47/h5,7,10-13,15-16,18-19,21-22,25,27-28,30,35-38,40-47,49-51,53-57H,3-4,6,8-9,14,17,20,23-24,26,29,31-34H2,1-2H3,(H,48,52)/b7-5-,12-10+,13-11-,16-15-,19-18-,22-21-,27-25-,30-28+. The zero-order valence-corrected chi connectivity index (χ0v) is 36.1. The third-order valence-corrected chi connectivity index (χ3v) is 10.0. The van der Waals surface area contributed by atoms with Crippen molar-refractivity contribution in [1.29, 1.82) is 0 Å². The predicted octanol–water partition coefficient (Wildman–Crippen LogP) is 4.03. The molecule has 0 bridgehead atoms. The molecule has 1 amide bonds. The van der Waals surface area contributed by atoms with Gasteiger partial charge in [-0.1, -0.05) is 124 Å². The fraction of sp³-hybridized carbons (Fsp3) is 0.638. The lowest BCUT2D eigenvalue weighted by Crippen LogP contribution is -2.65. The molecule has 0 aromatic rings. The molecule has 0 spiro atoms. The number of aliphatic hydroxyl groups excluding tert-OH is 8. The van der Waals surface area contributed by atoms with Gasteiger partial charge in [-0.2, -0.15) is 0 Å². The van der Waals surface area contributed by atoms with Crippen LogP contribution in [0.3, 0.4) is 0 Å². The van der Waals surface area contributed by atoms with Gasteiger partial charge in [0.1, 0.15) is 48.8 Å². The van der Waals surface area contributed by atoms with Crippen molar-refractivity contribution in [1.82, 2.24) is 5.32 Å². The second-order valence-corrected chi connectivity index (χ2v) is 15.1. The molecule has 2 aliphatic heterocycles. The normalized spacial score (nSPS) is 29.0. The number of allylic oxidation sites excluding steroid dienone is 15. The summed E-state index contributed by atoms with van der Waals surface area (Å²) in [6.45, 7) is 2.46. The van der Waals surface area contributed by atoms with Gasteiger partial charge in [0.2, 0.25) is 5.91 Å². The van der Waals surface area contributed by atoms with Gasteiger partial charge in [-0.05, 0) is 64.2 Å². The Morgan fingerprint density at radius 2 is 1.11 bits per heavy atom. The summed E-state index contributed by atoms with van der Waals surface area (Å²) in [7, 11) is 0. The monoisotopic (exact) mass is 862 g/mol. The molecular weight excluding hydrogens is 787 g/mol. The summed E-state index contributed by atoms with van der Waals surface area (Å²) in [4.78, 5) is 13.0. The van der Waals surface area contributed by atoms with Crippen molar-refractivity contribution in [2.45, 2.75) is 171 Å². The first kappa shape index (κ1) is 54.0. The Morgan fingerprint density at radius 1 is 0.607 bits per heavy atom. The van der Waals surface area contributed by atoms with Crippen molar-refractivity contribution < 1.29 is 64.6 Å². The molecule has 0 aliphatic carbocycles. The molecule has 61 heavy (non-hydrogen) atoms. The maximum Gasteiger partial charge on any atom is 0.220 e. The van der Waals surface area contributed by atoms with Crippen molar-refractivity contribution in [2.24, 2.45) is 0 Å². The summed E-state index contributed by atoms with van der Waals surface area (Å²) in [5.74, 6) is -0.342. The molecule has 0 aromatic heterocycles. The summed E-state index contributed by atoms with van der Waals surface area (Å²) in [5, 5.41) is 86.1. The number of hydrogen-bond acceptors (Lipinski definition) is 13. The minimum atomic E-state index is -1.80. The van der Waals surface area contributed by atoms with Crippen molar-refractivity contribution in [3.63, 3.8) is 0 Å². The highest BCUT2D eigenvalue weighted by Crippen LogP contribution is 2.29. The van der Waals surface area contributed by atoms with Gasteiger partial charge in [-0.15, -0.1) is 0 Å². The zero-order valence-electron chi connectivity index (χ0n) is 36.1. The van der Waals surface area contributed by atoms with Crippen molar-refractivity contribution in [3.05, 3.63) is 97.2 Å². The average Bonchev–Trinajstić information content (AvgIpc) is 3.26. The molecule has 2 aliphatic rings. The lowest BCUT2D eigenvalue weighted by Gasteiger charge is -2.46. The van der Waals surface area contributed by atoms with Gasteiger partial charge in [-0.3, -0.25) is 4.79 Å². The van der Waals surface area contributed by atoms with Crippen LogP contribution in [0.25, 0.3) is 0 Å². The summed E-state index contributed by atoms with van der Waals surface area (Å²) >= 11 is 0. The summed E-state index contributed by atoms with van der Waals surface area (Å²) < 4.78 is 22.5. The first-order valence-electron chi connectivity index (χ1n) is 22.0. The molecule has 14 nitrogen and oxygen atoms in total. The summed E-state index contributed by atoms with van der Waals surface area (Å²) in [6.07, 6.45) is 26.4. The highest BCUT2D eigenvalue weighted by atomic mass is 16.7. The molecule has 2 rings (SSSR count). The second kappa shape index (κ2) is 33.5. The Labute approximate surface area is 363 Å². The van der Waals surface area contributed by atoms with Crippen LogP contribution in [0.5, 0.6) is 0 Å². The maximum atomic E-state index is 13.0. The first-order valence-corrected chi connectivity index (χ1v) is 22.0. The van der Waals surface area contributed by atoms with E-state index in [0.717, 1.165) is 64.2 Å². The third-order valence-electron chi connectivity index (χ3n) is 10.0. The van der Waals surface area contributed by atoms with Gasteiger partial charge in [0.15, 0.2) is 12.6 Å². The second-order valence-electron chi connectivity index (χ2n) is 15.1. The van der Waals surface area contributed by atoms with E-state index in [1.807, 2.05) is 18.2 Å². The summed E-state index contributed by atoms with van der Waals surface area (Å²) in [6, 6.07) is -0.974. The fourth-order valence-electron chi connectivity index (χ4n) is 6.37. The zero-order chi connectivity index (χ0) is 44.7. The number of carbonyl (C=O) groups excluding carboxylic acids is 1. The van der Waals surface area contributed by atoms with Gasteiger partial charge in [0.25, 0.3) is 0 Å². The lowest BCUT2D eigenvalue weighted by molar-refractivity contribution is -0.359. The van der Waals surface area contributed by atoms with E-state index in [9.17, 15) is 45.6 Å². The highest BCUT2D eigenvalue weighted by molar-refractivity contribution is 5.76. The van der Waals surface area contributed by atoms with Gasteiger partial charge in [-0.25, -0.2) is 0 Å². The molecule has 12 unspecified atom stereocenters. The molecule has 0 aromatic carbocycles. The number of hydrogen-bond donors (Lipinski definition) is 9. The topological polar surface area (TPSA) is 228 Å². The Kier molecular flexibility index (Phi) is 29.6. The van der Waals surface area contributed by atoms with Crippen LogP contribution in [0.4, 0.5) is 0 Å². The smallest absolute Gasteiger partial charge is 0.220 e. The molecule has 2 fully saturated rings. The van der Waals surface area contributed by atoms with Crippen LogP contribution in [0.2, 0.25) is 0 Å². The van der Waals surface area contributed by atoms with E-state index in [2.05, 4.69) is 92.1 Å². The van der Waals surface area contributed by atoms with Crippen LogP contribution >= 0.6 is 0 Å². The molecule has 0 radical (unpaired) electrons. The van der Waals surface area contributed by atoms with E-state index >= 15 is 0 Å².